The minimum absolute atomic E-state index is 0.0720. The predicted molar refractivity (Wildman–Crippen MR) is 187 cm³/mol. The molecule has 2 amide bonds. The molecule has 2 unspecified atom stereocenters. The van der Waals surface area contributed by atoms with Crippen molar-refractivity contribution in [1.29, 1.82) is 0 Å². The third kappa shape index (κ3) is 7.96. The van der Waals surface area contributed by atoms with Gasteiger partial charge in [0.25, 0.3) is 11.8 Å². The Hall–Kier alpha value is -5.13. The molecular formula is C37H43FN8O3. The third-order valence-electron chi connectivity index (χ3n) is 9.68. The van der Waals surface area contributed by atoms with Crippen molar-refractivity contribution in [1.82, 2.24) is 19.9 Å². The van der Waals surface area contributed by atoms with Gasteiger partial charge in [0.1, 0.15) is 11.4 Å². The van der Waals surface area contributed by atoms with Crippen molar-refractivity contribution in [2.45, 2.75) is 51.4 Å². The van der Waals surface area contributed by atoms with Gasteiger partial charge in [-0.2, -0.15) is 0 Å². The van der Waals surface area contributed by atoms with Gasteiger partial charge in [0, 0.05) is 37.3 Å². The van der Waals surface area contributed by atoms with Crippen molar-refractivity contribution < 1.29 is 18.7 Å². The maximum atomic E-state index is 14.6. The molecule has 12 heteroatoms. The van der Waals surface area contributed by atoms with Crippen LogP contribution in [0.25, 0.3) is 22.5 Å². The predicted octanol–water partition coefficient (Wildman–Crippen LogP) is 5.64. The fourth-order valence-corrected chi connectivity index (χ4v) is 7.04. The van der Waals surface area contributed by atoms with Crippen LogP contribution in [-0.2, 0) is 0 Å². The molecule has 1 saturated carbocycles. The van der Waals surface area contributed by atoms with Crippen LogP contribution in [0.4, 0.5) is 16.3 Å². The first-order chi connectivity index (χ1) is 23.8. The molecule has 4 aromatic rings. The number of rotatable bonds is 7. The molecule has 0 bridgehead atoms. The van der Waals surface area contributed by atoms with Gasteiger partial charge in [-0.1, -0.05) is 55.7 Å². The number of fused-ring (bicyclic) bond motifs is 1. The Morgan fingerprint density at radius 1 is 0.714 bits per heavy atom. The van der Waals surface area contributed by atoms with E-state index in [-0.39, 0.29) is 22.7 Å². The summed E-state index contributed by atoms with van der Waals surface area (Å²) in [6, 6.07) is 17.8. The van der Waals surface area contributed by atoms with Crippen molar-refractivity contribution >= 4 is 23.7 Å². The Morgan fingerprint density at radius 2 is 1.35 bits per heavy atom. The molecule has 2 saturated heterocycles. The lowest BCUT2D eigenvalue weighted by molar-refractivity contribution is 0.0987. The summed E-state index contributed by atoms with van der Waals surface area (Å²) in [5, 5.41) is 0. The zero-order valence-electron chi connectivity index (χ0n) is 27.9. The number of carbonyl (C=O) groups is 2. The number of halogens is 1. The number of nitrogens with two attached hydrogens (primary N) is 2. The van der Waals surface area contributed by atoms with Gasteiger partial charge in [0.15, 0.2) is 11.6 Å². The monoisotopic (exact) mass is 666 g/mol. The Kier molecular flexibility index (Phi) is 10.6. The van der Waals surface area contributed by atoms with Crippen LogP contribution in [0.15, 0.2) is 60.7 Å². The fraction of sp³-hybridized carbons (Fsp3) is 0.405. The molecule has 0 spiro atoms. The molecule has 2 atom stereocenters. The van der Waals surface area contributed by atoms with Crippen LogP contribution in [0.5, 0.6) is 5.75 Å². The summed E-state index contributed by atoms with van der Waals surface area (Å²) in [5.41, 5.74) is 13.6. The summed E-state index contributed by atoms with van der Waals surface area (Å²) >= 11 is 0. The maximum Gasteiger partial charge on any atom is 0.267 e. The minimum Gasteiger partial charge on any atom is -0.494 e. The summed E-state index contributed by atoms with van der Waals surface area (Å²) in [4.78, 5) is 45.5. The Bertz CT molecular complexity index is 1780. The summed E-state index contributed by atoms with van der Waals surface area (Å²) in [6.07, 6.45) is 9.76. The number of aromatic nitrogens is 4. The lowest BCUT2D eigenvalue weighted by atomic mass is 9.75. The topological polar surface area (TPSA) is 153 Å². The number of hydrogen-bond donors (Lipinski definition) is 2. The van der Waals surface area contributed by atoms with Gasteiger partial charge >= 0.3 is 0 Å². The highest BCUT2D eigenvalue weighted by molar-refractivity contribution is 5.92. The van der Waals surface area contributed by atoms with Crippen LogP contribution < -0.4 is 26.0 Å². The second-order valence-corrected chi connectivity index (χ2v) is 12.9. The number of hydrogen-bond acceptors (Lipinski definition) is 9. The molecule has 4 N–H and O–H groups in total. The molecule has 7 rings (SSSR count). The average molecular weight is 667 g/mol. The number of benzene rings is 2. The van der Waals surface area contributed by atoms with Gasteiger partial charge in [-0.3, -0.25) is 9.59 Å². The molecule has 2 aromatic heterocycles. The zero-order valence-corrected chi connectivity index (χ0v) is 27.9. The first kappa shape index (κ1) is 33.8. The highest BCUT2D eigenvalue weighted by atomic mass is 19.1. The second-order valence-electron chi connectivity index (χ2n) is 12.9. The van der Waals surface area contributed by atoms with Crippen LogP contribution in [0, 0.1) is 17.7 Å². The second kappa shape index (κ2) is 15.4. The number of nitrogens with zero attached hydrogens (tertiary/aromatic N) is 6. The van der Waals surface area contributed by atoms with Crippen LogP contribution in [0.3, 0.4) is 0 Å². The van der Waals surface area contributed by atoms with Crippen LogP contribution in [-0.4, -0.2) is 65.0 Å². The summed E-state index contributed by atoms with van der Waals surface area (Å²) in [7, 11) is 1.40. The maximum absolute atomic E-state index is 14.6. The smallest absolute Gasteiger partial charge is 0.267 e. The van der Waals surface area contributed by atoms with E-state index < -0.39 is 17.6 Å². The third-order valence-corrected chi connectivity index (χ3v) is 9.68. The highest BCUT2D eigenvalue weighted by Crippen LogP contribution is 2.37. The van der Waals surface area contributed by atoms with Gasteiger partial charge in [-0.05, 0) is 68.2 Å². The van der Waals surface area contributed by atoms with Gasteiger partial charge in [0.2, 0.25) is 11.9 Å². The van der Waals surface area contributed by atoms with E-state index >= 15 is 0 Å². The van der Waals surface area contributed by atoms with E-state index in [0.717, 1.165) is 68.5 Å². The number of carbonyl (C=O) groups excluding carboxylic acids is 2. The number of anilines is 2. The largest absolute Gasteiger partial charge is 0.494 e. The van der Waals surface area contributed by atoms with E-state index in [4.69, 9.17) is 21.2 Å². The van der Waals surface area contributed by atoms with Crippen molar-refractivity contribution in [2.75, 3.05) is 43.1 Å². The Morgan fingerprint density at radius 3 is 2.02 bits per heavy atom. The number of piperidine rings is 2. The number of primary amides is 2. The van der Waals surface area contributed by atoms with Crippen molar-refractivity contribution in [3.8, 4) is 28.3 Å². The summed E-state index contributed by atoms with van der Waals surface area (Å²) in [5.74, 6) is 1.03. The number of amides is 2. The van der Waals surface area contributed by atoms with Crippen molar-refractivity contribution in [3.05, 3.63) is 77.9 Å². The molecule has 3 aliphatic rings. The number of methoxy groups -OCH3 is 1. The first-order valence-corrected chi connectivity index (χ1v) is 17.1. The van der Waals surface area contributed by atoms with Crippen molar-refractivity contribution in [2.24, 2.45) is 23.3 Å². The molecule has 3 fully saturated rings. The van der Waals surface area contributed by atoms with Gasteiger partial charge in [-0.15, -0.1) is 0 Å². The van der Waals surface area contributed by atoms with Crippen LogP contribution in [0.2, 0.25) is 0 Å². The van der Waals surface area contributed by atoms with E-state index in [9.17, 15) is 14.0 Å². The number of ether oxygens (including phenoxy) is 1. The molecule has 2 aromatic carbocycles. The van der Waals surface area contributed by atoms with Crippen LogP contribution >= 0.6 is 0 Å². The molecule has 0 radical (unpaired) electrons. The van der Waals surface area contributed by atoms with Crippen LogP contribution in [0.1, 0.15) is 72.3 Å². The fourth-order valence-electron chi connectivity index (χ4n) is 7.04. The van der Waals surface area contributed by atoms with Gasteiger partial charge in [-0.25, -0.2) is 24.3 Å². The van der Waals surface area contributed by atoms with E-state index in [0.29, 0.717) is 17.6 Å². The average Bonchev–Trinajstić information content (AvgIpc) is 3.15. The van der Waals surface area contributed by atoms with E-state index in [1.807, 2.05) is 35.2 Å². The molecule has 1 aliphatic carbocycles. The van der Waals surface area contributed by atoms with Gasteiger partial charge in [0.05, 0.1) is 18.5 Å². The van der Waals surface area contributed by atoms with Gasteiger partial charge < -0.3 is 26.0 Å². The normalized spacial score (nSPS) is 18.9. The quantitative estimate of drug-likeness (QED) is 0.255. The molecule has 4 heterocycles. The molecule has 49 heavy (non-hydrogen) atoms. The van der Waals surface area contributed by atoms with E-state index in [1.165, 1.54) is 51.3 Å². The first-order valence-electron chi connectivity index (χ1n) is 17.1. The standard InChI is InChI=1S/C20H24N4O.C17H19FN4O2/c21-19(25)18-12-17(15-7-2-1-3-8-15)22-20(23-18)24-11-10-14-6-4-5-9-16(14)13-24;1-24-14-7-5-6-11(15(14)18)12-10-13(16(19)23)21-17(20-12)22-8-3-2-4-9-22/h1-3,7-8,12,14,16H,4-6,9-11,13H2,(H2,21,25);5-7,10H,2-4,8-9H2,1H3,(H2,19,23). The van der Waals surface area contributed by atoms with Crippen molar-refractivity contribution in [3.63, 3.8) is 0 Å². The molecule has 256 valence electrons. The summed E-state index contributed by atoms with van der Waals surface area (Å²) in [6.45, 7) is 3.56. The van der Waals surface area contributed by atoms with E-state index in [1.54, 1.807) is 18.2 Å². The highest BCUT2D eigenvalue weighted by Gasteiger charge is 2.32. The Balaban J connectivity index is 0.000000170. The summed E-state index contributed by atoms with van der Waals surface area (Å²) < 4.78 is 19.6. The molecular weight excluding hydrogens is 623 g/mol. The lowest BCUT2D eigenvalue weighted by Gasteiger charge is -2.41. The van der Waals surface area contributed by atoms with E-state index in [2.05, 4.69) is 19.9 Å². The Labute approximate surface area is 285 Å². The molecule has 2 aliphatic heterocycles. The zero-order chi connectivity index (χ0) is 34.3. The SMILES string of the molecule is COc1cccc(-c2cc(C(N)=O)nc(N3CCCCC3)n2)c1F.NC(=O)c1cc(-c2ccccc2)nc(N2CCC3CCCCC3C2)n1. The lowest BCUT2D eigenvalue weighted by Crippen LogP contribution is -2.42. The molecule has 11 nitrogen and oxygen atoms in total. The minimum atomic E-state index is -0.666.